The molecule has 0 radical (unpaired) electrons. The highest BCUT2D eigenvalue weighted by Crippen LogP contribution is 2.41. The number of nitrogens with one attached hydrogen (secondary N) is 2. The van der Waals surface area contributed by atoms with Gasteiger partial charge in [-0.15, -0.1) is 0 Å². The van der Waals surface area contributed by atoms with Gasteiger partial charge < -0.3 is 9.47 Å². The maximum Gasteiger partial charge on any atom is 0.269 e. The van der Waals surface area contributed by atoms with Crippen molar-refractivity contribution in [3.05, 3.63) is 59.4 Å². The number of ether oxygens (including phenoxy) is 2. The van der Waals surface area contributed by atoms with Crippen molar-refractivity contribution in [1.82, 2.24) is 10.9 Å². The van der Waals surface area contributed by atoms with Gasteiger partial charge in [0.25, 0.3) is 5.91 Å². The van der Waals surface area contributed by atoms with Gasteiger partial charge in [0.2, 0.25) is 5.91 Å². The van der Waals surface area contributed by atoms with Crippen LogP contribution in [0, 0.1) is 5.82 Å². The molecule has 0 bridgehead atoms. The zero-order valence-corrected chi connectivity index (χ0v) is 17.3. The SMILES string of the molecule is CCCOc1ccc(C(=O)NNC(=O)C2(c3ccc(F)cc3)CCCC2)cc1OC. The Morgan fingerprint density at radius 2 is 1.73 bits per heavy atom. The first-order valence-corrected chi connectivity index (χ1v) is 10.2. The highest BCUT2D eigenvalue weighted by molar-refractivity contribution is 5.97. The number of hydrogen-bond acceptors (Lipinski definition) is 4. The van der Waals surface area contributed by atoms with Gasteiger partial charge in [0.1, 0.15) is 5.82 Å². The van der Waals surface area contributed by atoms with Crippen LogP contribution in [-0.2, 0) is 10.2 Å². The number of hydrogen-bond donors (Lipinski definition) is 2. The van der Waals surface area contributed by atoms with Crippen LogP contribution in [0.5, 0.6) is 11.5 Å². The first kappa shape index (κ1) is 21.6. The Kier molecular flexibility index (Phi) is 6.92. The molecule has 2 aromatic rings. The molecule has 1 saturated carbocycles. The molecular weight excluding hydrogens is 387 g/mol. The van der Waals surface area contributed by atoms with Crippen molar-refractivity contribution in [2.75, 3.05) is 13.7 Å². The minimum absolute atomic E-state index is 0.296. The van der Waals surface area contributed by atoms with E-state index in [1.54, 1.807) is 30.3 Å². The van der Waals surface area contributed by atoms with Crippen LogP contribution in [0.3, 0.4) is 0 Å². The fraction of sp³-hybridized carbons (Fsp3) is 0.391. The smallest absolute Gasteiger partial charge is 0.269 e. The van der Waals surface area contributed by atoms with E-state index in [2.05, 4.69) is 10.9 Å². The Hall–Kier alpha value is -3.09. The van der Waals surface area contributed by atoms with Gasteiger partial charge in [-0.3, -0.25) is 20.4 Å². The number of halogens is 1. The van der Waals surface area contributed by atoms with Gasteiger partial charge in [-0.1, -0.05) is 31.9 Å². The van der Waals surface area contributed by atoms with Crippen molar-refractivity contribution in [1.29, 1.82) is 0 Å². The summed E-state index contributed by atoms with van der Waals surface area (Å²) in [7, 11) is 1.50. The number of carbonyl (C=O) groups excluding carboxylic acids is 2. The molecule has 0 atom stereocenters. The van der Waals surface area contributed by atoms with Crippen molar-refractivity contribution >= 4 is 11.8 Å². The number of rotatable bonds is 7. The first-order valence-electron chi connectivity index (χ1n) is 10.2. The summed E-state index contributed by atoms with van der Waals surface area (Å²) in [5, 5.41) is 0. The summed E-state index contributed by atoms with van der Waals surface area (Å²) in [4.78, 5) is 25.6. The van der Waals surface area contributed by atoms with Crippen molar-refractivity contribution < 1.29 is 23.5 Å². The maximum atomic E-state index is 13.3. The van der Waals surface area contributed by atoms with E-state index < -0.39 is 11.3 Å². The third-order valence-corrected chi connectivity index (χ3v) is 5.47. The van der Waals surface area contributed by atoms with Gasteiger partial charge in [-0.05, 0) is 55.2 Å². The second-order valence-corrected chi connectivity index (χ2v) is 7.42. The maximum absolute atomic E-state index is 13.3. The zero-order chi connectivity index (χ0) is 21.6. The predicted octanol–water partition coefficient (Wildman–Crippen LogP) is 3.90. The highest BCUT2D eigenvalue weighted by atomic mass is 19.1. The summed E-state index contributed by atoms with van der Waals surface area (Å²) in [6, 6.07) is 10.8. The van der Waals surface area contributed by atoms with Crippen LogP contribution in [0.4, 0.5) is 4.39 Å². The van der Waals surface area contributed by atoms with Crippen molar-refractivity contribution in [2.45, 2.75) is 44.4 Å². The molecule has 0 saturated heterocycles. The average Bonchev–Trinajstić information content (AvgIpc) is 3.27. The lowest BCUT2D eigenvalue weighted by Crippen LogP contribution is -2.50. The molecule has 2 N–H and O–H groups in total. The molecule has 6 nitrogen and oxygen atoms in total. The highest BCUT2D eigenvalue weighted by Gasteiger charge is 2.42. The molecule has 0 heterocycles. The monoisotopic (exact) mass is 414 g/mol. The fourth-order valence-corrected chi connectivity index (χ4v) is 3.84. The van der Waals surface area contributed by atoms with Crippen molar-refractivity contribution in [3.63, 3.8) is 0 Å². The van der Waals surface area contributed by atoms with Gasteiger partial charge in [0, 0.05) is 5.56 Å². The molecule has 0 spiro atoms. The van der Waals surface area contributed by atoms with Crippen molar-refractivity contribution in [3.8, 4) is 11.5 Å². The third kappa shape index (κ3) is 4.56. The largest absolute Gasteiger partial charge is 0.493 e. The summed E-state index contributed by atoms with van der Waals surface area (Å²) in [5.41, 5.74) is 5.37. The predicted molar refractivity (Wildman–Crippen MR) is 111 cm³/mol. The number of methoxy groups -OCH3 is 1. The van der Waals surface area contributed by atoms with Crippen LogP contribution < -0.4 is 20.3 Å². The van der Waals surface area contributed by atoms with E-state index >= 15 is 0 Å². The van der Waals surface area contributed by atoms with Crippen LogP contribution >= 0.6 is 0 Å². The molecule has 2 aromatic carbocycles. The topological polar surface area (TPSA) is 76.7 Å². The summed E-state index contributed by atoms with van der Waals surface area (Å²) >= 11 is 0. The van der Waals surface area contributed by atoms with E-state index in [9.17, 15) is 14.0 Å². The van der Waals surface area contributed by atoms with Gasteiger partial charge in [0.05, 0.1) is 19.1 Å². The van der Waals surface area contributed by atoms with E-state index in [4.69, 9.17) is 9.47 Å². The minimum atomic E-state index is -0.767. The van der Waals surface area contributed by atoms with Crippen LogP contribution in [0.15, 0.2) is 42.5 Å². The van der Waals surface area contributed by atoms with E-state index in [-0.39, 0.29) is 11.7 Å². The minimum Gasteiger partial charge on any atom is -0.493 e. The quantitative estimate of drug-likeness (QED) is 0.674. The lowest BCUT2D eigenvalue weighted by Gasteiger charge is -2.28. The molecule has 0 aliphatic heterocycles. The summed E-state index contributed by atoms with van der Waals surface area (Å²) in [6.07, 6.45) is 3.95. The summed E-state index contributed by atoms with van der Waals surface area (Å²) in [5.74, 6) is -0.103. The molecule has 3 rings (SSSR count). The molecule has 0 aromatic heterocycles. The number of carbonyl (C=O) groups is 2. The van der Waals surface area contributed by atoms with Crippen LogP contribution in [0.2, 0.25) is 0 Å². The molecule has 0 unspecified atom stereocenters. The first-order chi connectivity index (χ1) is 14.5. The standard InChI is InChI=1S/C23H27FN2O4/c1-3-14-30-19-11-6-16(15-20(19)29-2)21(27)25-26-22(28)23(12-4-5-13-23)17-7-9-18(24)10-8-17/h6-11,15H,3-5,12-14H2,1-2H3,(H,25,27)(H,26,28). The second kappa shape index (κ2) is 9.61. The van der Waals surface area contributed by atoms with Crippen molar-refractivity contribution in [2.24, 2.45) is 0 Å². The summed E-state index contributed by atoms with van der Waals surface area (Å²) in [6.45, 7) is 2.55. The van der Waals surface area contributed by atoms with Crippen LogP contribution in [-0.4, -0.2) is 25.5 Å². The van der Waals surface area contributed by atoms with E-state index in [0.717, 1.165) is 24.8 Å². The Labute approximate surface area is 175 Å². The molecule has 160 valence electrons. The Morgan fingerprint density at radius 1 is 1.03 bits per heavy atom. The molecule has 30 heavy (non-hydrogen) atoms. The molecule has 1 aliphatic rings. The number of amides is 2. The molecule has 1 fully saturated rings. The van der Waals surface area contributed by atoms with Crippen LogP contribution in [0.1, 0.15) is 54.9 Å². The zero-order valence-electron chi connectivity index (χ0n) is 17.3. The average molecular weight is 414 g/mol. The molecule has 1 aliphatic carbocycles. The lowest BCUT2D eigenvalue weighted by atomic mass is 9.78. The van der Waals surface area contributed by atoms with E-state index in [0.29, 0.717) is 36.5 Å². The molecule has 7 heteroatoms. The van der Waals surface area contributed by atoms with Gasteiger partial charge >= 0.3 is 0 Å². The Balaban J connectivity index is 1.70. The van der Waals surface area contributed by atoms with E-state index in [1.165, 1.54) is 19.2 Å². The van der Waals surface area contributed by atoms with Crippen LogP contribution in [0.25, 0.3) is 0 Å². The fourth-order valence-electron chi connectivity index (χ4n) is 3.84. The second-order valence-electron chi connectivity index (χ2n) is 7.42. The van der Waals surface area contributed by atoms with E-state index in [1.807, 2.05) is 6.92 Å². The summed E-state index contributed by atoms with van der Waals surface area (Å²) < 4.78 is 24.2. The number of benzene rings is 2. The Bertz CT molecular complexity index is 893. The third-order valence-electron chi connectivity index (χ3n) is 5.47. The number of hydrazine groups is 1. The normalized spacial score (nSPS) is 14.8. The van der Waals surface area contributed by atoms with Gasteiger partial charge in [-0.25, -0.2) is 4.39 Å². The Morgan fingerprint density at radius 3 is 2.37 bits per heavy atom. The molecule has 2 amide bonds. The molecular formula is C23H27FN2O4. The van der Waals surface area contributed by atoms with Gasteiger partial charge in [-0.2, -0.15) is 0 Å². The lowest BCUT2D eigenvalue weighted by molar-refractivity contribution is -0.127. The van der Waals surface area contributed by atoms with Gasteiger partial charge in [0.15, 0.2) is 11.5 Å².